The van der Waals surface area contributed by atoms with Gasteiger partial charge < -0.3 is 10.0 Å². The third-order valence-corrected chi connectivity index (χ3v) is 5.77. The zero-order valence-corrected chi connectivity index (χ0v) is 17.3. The molecule has 1 aliphatic rings. The van der Waals surface area contributed by atoms with Crippen LogP contribution in [0.4, 0.5) is 11.4 Å². The molecule has 6 heteroatoms. The average molecular weight is 423 g/mol. The Labute approximate surface area is 184 Å². The lowest BCUT2D eigenvalue weighted by atomic mass is 10.1. The van der Waals surface area contributed by atoms with Gasteiger partial charge in [-0.25, -0.2) is 0 Å². The minimum Gasteiger partial charge on any atom is -0.494 e. The normalized spacial score (nSPS) is 13.1. The van der Waals surface area contributed by atoms with Crippen LogP contribution >= 0.6 is 0 Å². The van der Waals surface area contributed by atoms with Crippen LogP contribution < -0.4 is 10.5 Å². The first-order valence-corrected chi connectivity index (χ1v) is 10.5. The fourth-order valence-electron chi connectivity index (χ4n) is 4.12. The van der Waals surface area contributed by atoms with Crippen molar-refractivity contribution in [3.05, 3.63) is 99.8 Å². The summed E-state index contributed by atoms with van der Waals surface area (Å²) in [6.45, 7) is 0.719. The Morgan fingerprint density at radius 2 is 1.72 bits per heavy atom. The number of pyridine rings is 1. The van der Waals surface area contributed by atoms with Gasteiger partial charge in [-0.2, -0.15) is 0 Å². The number of H-pyrrole nitrogens is 1. The molecule has 2 heterocycles. The number of fused-ring (bicyclic) bond motifs is 2. The highest BCUT2D eigenvalue weighted by atomic mass is 16.3. The lowest BCUT2D eigenvalue weighted by Gasteiger charge is -2.17. The number of aliphatic imine (C=N–C) groups is 1. The number of carbonyl (C=O) groups excluding carboxylic acids is 1. The summed E-state index contributed by atoms with van der Waals surface area (Å²) in [5.74, 6) is -0.138. The van der Waals surface area contributed by atoms with Crippen molar-refractivity contribution in [1.82, 2.24) is 4.98 Å². The number of rotatable bonds is 4. The number of aromatic nitrogens is 1. The number of hydrogen-bond donors (Lipinski definition) is 2. The fourth-order valence-corrected chi connectivity index (χ4v) is 4.12. The Morgan fingerprint density at radius 3 is 2.53 bits per heavy atom. The van der Waals surface area contributed by atoms with E-state index in [1.807, 2.05) is 53.4 Å². The van der Waals surface area contributed by atoms with Crippen molar-refractivity contribution in [2.75, 3.05) is 11.4 Å². The lowest BCUT2D eigenvalue weighted by Crippen LogP contribution is -2.30. The number of nitrogens with one attached hydrogen (secondary N) is 1. The molecule has 0 bridgehead atoms. The van der Waals surface area contributed by atoms with Crippen molar-refractivity contribution >= 4 is 34.3 Å². The second-order valence-corrected chi connectivity index (χ2v) is 7.79. The van der Waals surface area contributed by atoms with Gasteiger partial charge in [0, 0.05) is 29.2 Å². The average Bonchev–Trinajstić information content (AvgIpc) is 3.24. The highest BCUT2D eigenvalue weighted by Gasteiger charge is 2.23. The molecule has 0 fully saturated rings. The molecular formula is C26H21N3O3. The second kappa shape index (κ2) is 8.15. The second-order valence-electron chi connectivity index (χ2n) is 7.79. The summed E-state index contributed by atoms with van der Waals surface area (Å²) in [5, 5.41) is 11.3. The summed E-state index contributed by atoms with van der Waals surface area (Å²) in [5.41, 5.74) is 3.92. The molecule has 1 aliphatic heterocycles. The quantitative estimate of drug-likeness (QED) is 0.484. The van der Waals surface area contributed by atoms with Crippen LogP contribution in [0.2, 0.25) is 0 Å². The van der Waals surface area contributed by atoms with Crippen LogP contribution in [-0.2, 0) is 17.6 Å². The van der Waals surface area contributed by atoms with E-state index < -0.39 is 0 Å². The van der Waals surface area contributed by atoms with E-state index in [9.17, 15) is 14.7 Å². The lowest BCUT2D eigenvalue weighted by molar-refractivity contribution is -0.117. The van der Waals surface area contributed by atoms with Crippen molar-refractivity contribution in [2.45, 2.75) is 12.8 Å². The molecule has 0 saturated carbocycles. The number of amides is 1. The summed E-state index contributed by atoms with van der Waals surface area (Å²) < 4.78 is 0. The molecule has 0 spiro atoms. The Balaban J connectivity index is 1.33. The number of aromatic amines is 1. The molecule has 158 valence electrons. The molecule has 5 rings (SSSR count). The molecule has 0 radical (unpaired) electrons. The molecule has 0 unspecified atom stereocenters. The highest BCUT2D eigenvalue weighted by Crippen LogP contribution is 2.28. The van der Waals surface area contributed by atoms with Crippen molar-refractivity contribution in [3.63, 3.8) is 0 Å². The van der Waals surface area contributed by atoms with E-state index in [1.54, 1.807) is 18.2 Å². The molecule has 0 saturated heterocycles. The van der Waals surface area contributed by atoms with Crippen LogP contribution in [0.3, 0.4) is 0 Å². The Hall–Kier alpha value is -4.19. The Kier molecular flexibility index (Phi) is 5.03. The zero-order chi connectivity index (χ0) is 22.1. The molecule has 6 nitrogen and oxygen atoms in total. The van der Waals surface area contributed by atoms with E-state index in [2.05, 4.69) is 16.0 Å². The van der Waals surface area contributed by atoms with E-state index >= 15 is 0 Å². The van der Waals surface area contributed by atoms with Crippen LogP contribution in [-0.4, -0.2) is 28.8 Å². The van der Waals surface area contributed by atoms with Crippen molar-refractivity contribution in [3.8, 4) is 5.88 Å². The third kappa shape index (κ3) is 3.67. The van der Waals surface area contributed by atoms with Gasteiger partial charge in [0.05, 0.1) is 17.7 Å². The third-order valence-electron chi connectivity index (χ3n) is 5.77. The van der Waals surface area contributed by atoms with E-state index in [-0.39, 0.29) is 17.3 Å². The number of aromatic hydroxyl groups is 1. The van der Waals surface area contributed by atoms with Crippen molar-refractivity contribution in [1.29, 1.82) is 0 Å². The van der Waals surface area contributed by atoms with E-state index in [0.29, 0.717) is 28.4 Å². The van der Waals surface area contributed by atoms with E-state index in [0.717, 1.165) is 24.2 Å². The number of para-hydroxylation sites is 1. The molecule has 2 N–H and O–H groups in total. The topological polar surface area (TPSA) is 85.8 Å². The van der Waals surface area contributed by atoms with Gasteiger partial charge in [0.2, 0.25) is 11.8 Å². The van der Waals surface area contributed by atoms with Crippen LogP contribution in [0, 0.1) is 0 Å². The maximum absolute atomic E-state index is 12.8. The highest BCUT2D eigenvalue weighted by molar-refractivity contribution is 6.02. The van der Waals surface area contributed by atoms with Gasteiger partial charge >= 0.3 is 0 Å². The van der Waals surface area contributed by atoms with Crippen LogP contribution in [0.1, 0.15) is 16.7 Å². The maximum atomic E-state index is 12.8. The first-order chi connectivity index (χ1) is 15.6. The van der Waals surface area contributed by atoms with E-state index in [4.69, 9.17) is 0 Å². The predicted octanol–water partition coefficient (Wildman–Crippen LogP) is 4.12. The summed E-state index contributed by atoms with van der Waals surface area (Å²) >= 11 is 0. The van der Waals surface area contributed by atoms with E-state index in [1.165, 1.54) is 11.8 Å². The van der Waals surface area contributed by atoms with Crippen molar-refractivity contribution in [2.24, 2.45) is 4.99 Å². The SMILES string of the molecule is O=C(Cc1ccc(N=Cc2c(O)[nH]c(=O)c3ccccc23)cc1)N1CCc2ccccc21. The van der Waals surface area contributed by atoms with Gasteiger partial charge in [0.25, 0.3) is 5.56 Å². The summed E-state index contributed by atoms with van der Waals surface area (Å²) in [7, 11) is 0. The Bertz CT molecular complexity index is 1400. The van der Waals surface area contributed by atoms with Crippen LogP contribution in [0.25, 0.3) is 10.8 Å². The smallest absolute Gasteiger partial charge is 0.258 e. The van der Waals surface area contributed by atoms with Gasteiger partial charge in [0.1, 0.15) is 0 Å². The molecule has 0 aliphatic carbocycles. The molecule has 1 aromatic heterocycles. The molecular weight excluding hydrogens is 402 g/mol. The summed E-state index contributed by atoms with van der Waals surface area (Å²) in [6.07, 6.45) is 2.75. The first-order valence-electron chi connectivity index (χ1n) is 10.5. The minimum atomic E-state index is -0.343. The van der Waals surface area contributed by atoms with Gasteiger partial charge in [-0.3, -0.25) is 19.6 Å². The number of carbonyl (C=O) groups is 1. The molecule has 4 aromatic rings. The van der Waals surface area contributed by atoms with Gasteiger partial charge in [-0.05, 0) is 41.8 Å². The number of benzene rings is 3. The van der Waals surface area contributed by atoms with Crippen molar-refractivity contribution < 1.29 is 9.90 Å². The predicted molar refractivity (Wildman–Crippen MR) is 126 cm³/mol. The monoisotopic (exact) mass is 423 g/mol. The fraction of sp³-hybridized carbons (Fsp3) is 0.115. The number of hydrogen-bond acceptors (Lipinski definition) is 4. The van der Waals surface area contributed by atoms with Crippen LogP contribution in [0.15, 0.2) is 82.6 Å². The molecule has 3 aromatic carbocycles. The minimum absolute atomic E-state index is 0.0795. The molecule has 0 atom stereocenters. The molecule has 1 amide bonds. The largest absolute Gasteiger partial charge is 0.494 e. The first kappa shape index (κ1) is 19.8. The van der Waals surface area contributed by atoms with Gasteiger partial charge in [-0.1, -0.05) is 48.5 Å². The van der Waals surface area contributed by atoms with Crippen LogP contribution in [0.5, 0.6) is 5.88 Å². The van der Waals surface area contributed by atoms with Gasteiger partial charge in [0.15, 0.2) is 0 Å². The summed E-state index contributed by atoms with van der Waals surface area (Å²) in [6, 6.07) is 22.5. The zero-order valence-electron chi connectivity index (χ0n) is 17.3. The van der Waals surface area contributed by atoms with Gasteiger partial charge in [-0.15, -0.1) is 0 Å². The number of nitrogens with zero attached hydrogens (tertiary/aromatic N) is 2. The number of anilines is 1. The Morgan fingerprint density at radius 1 is 1.00 bits per heavy atom. The standard InChI is InChI=1S/C26H21N3O3/c30-24(29-14-13-18-5-1-4-8-23(18)29)15-17-9-11-19(12-10-17)27-16-22-20-6-2-3-7-21(20)25(31)28-26(22)32/h1-12,16H,13-15H2,(H2,28,31,32). The summed E-state index contributed by atoms with van der Waals surface area (Å²) in [4.78, 5) is 33.6. The molecule has 32 heavy (non-hydrogen) atoms. The maximum Gasteiger partial charge on any atom is 0.258 e.